The number of benzene rings is 1. The number of aliphatic hydroxyl groups is 1. The van der Waals surface area contributed by atoms with Crippen molar-refractivity contribution >= 4 is 11.9 Å². The number of hydrogen-bond acceptors (Lipinski definition) is 5. The third kappa shape index (κ3) is 13.4. The molecule has 0 bridgehead atoms. The lowest BCUT2D eigenvalue weighted by Crippen LogP contribution is -2.15. The number of ether oxygens (including phenoxy) is 2. The van der Waals surface area contributed by atoms with E-state index in [4.69, 9.17) is 14.6 Å². The summed E-state index contributed by atoms with van der Waals surface area (Å²) in [7, 11) is 1.00. The third-order valence-electron chi connectivity index (χ3n) is 4.83. The van der Waals surface area contributed by atoms with Gasteiger partial charge < -0.3 is 14.6 Å². The molecular formula is C25H42O5. The van der Waals surface area contributed by atoms with Gasteiger partial charge in [-0.25, -0.2) is 9.59 Å². The van der Waals surface area contributed by atoms with Gasteiger partial charge in [-0.15, -0.1) is 0 Å². The summed E-state index contributed by atoms with van der Waals surface area (Å²) in [6, 6.07) is 6.74. The van der Waals surface area contributed by atoms with Gasteiger partial charge in [0.05, 0.1) is 24.3 Å². The topological polar surface area (TPSA) is 72.8 Å². The quantitative estimate of drug-likeness (QED) is 0.249. The van der Waals surface area contributed by atoms with Gasteiger partial charge in [0.2, 0.25) is 0 Å². The van der Waals surface area contributed by atoms with Crippen molar-refractivity contribution in [2.75, 3.05) is 20.3 Å². The first-order valence-electron chi connectivity index (χ1n) is 11.6. The number of carbonyl (C=O) groups is 2. The van der Waals surface area contributed by atoms with E-state index in [9.17, 15) is 9.59 Å². The van der Waals surface area contributed by atoms with Crippen LogP contribution in [0.2, 0.25) is 0 Å². The van der Waals surface area contributed by atoms with Gasteiger partial charge in [-0.05, 0) is 25.0 Å². The van der Waals surface area contributed by atoms with E-state index >= 15 is 0 Å². The van der Waals surface area contributed by atoms with Gasteiger partial charge in [-0.2, -0.15) is 0 Å². The van der Waals surface area contributed by atoms with Crippen LogP contribution < -0.4 is 0 Å². The molecule has 0 unspecified atom stereocenters. The molecule has 1 aromatic rings. The molecular weight excluding hydrogens is 380 g/mol. The van der Waals surface area contributed by atoms with Crippen molar-refractivity contribution < 1.29 is 24.2 Å². The fourth-order valence-corrected chi connectivity index (χ4v) is 3.09. The first-order valence-corrected chi connectivity index (χ1v) is 11.6. The Bertz CT molecular complexity index is 507. The van der Waals surface area contributed by atoms with Crippen molar-refractivity contribution in [3.05, 3.63) is 35.4 Å². The van der Waals surface area contributed by atoms with Crippen LogP contribution in [0.5, 0.6) is 0 Å². The van der Waals surface area contributed by atoms with Crippen LogP contribution in [0.1, 0.15) is 112 Å². The van der Waals surface area contributed by atoms with Crippen LogP contribution in [0, 0.1) is 0 Å². The minimum atomic E-state index is -0.444. The van der Waals surface area contributed by atoms with E-state index in [2.05, 4.69) is 13.8 Å². The molecule has 0 atom stereocenters. The average molecular weight is 423 g/mol. The van der Waals surface area contributed by atoms with Gasteiger partial charge in [-0.3, -0.25) is 0 Å². The zero-order valence-electron chi connectivity index (χ0n) is 19.3. The summed E-state index contributed by atoms with van der Waals surface area (Å²) in [5.41, 5.74) is 0.586. The summed E-state index contributed by atoms with van der Waals surface area (Å²) in [5, 5.41) is 7.00. The maximum Gasteiger partial charge on any atom is 0.339 e. The Hall–Kier alpha value is -1.88. The van der Waals surface area contributed by atoms with Gasteiger partial charge in [0, 0.05) is 7.11 Å². The second kappa shape index (κ2) is 20.4. The molecule has 0 amide bonds. The maximum absolute atomic E-state index is 12.4. The van der Waals surface area contributed by atoms with Crippen LogP contribution in [-0.4, -0.2) is 37.4 Å². The zero-order chi connectivity index (χ0) is 22.5. The Morgan fingerprint density at radius 3 is 1.33 bits per heavy atom. The van der Waals surface area contributed by atoms with Crippen LogP contribution in [0.25, 0.3) is 0 Å². The van der Waals surface area contributed by atoms with Crippen molar-refractivity contribution in [1.82, 2.24) is 0 Å². The highest BCUT2D eigenvalue weighted by Crippen LogP contribution is 2.14. The van der Waals surface area contributed by atoms with Crippen molar-refractivity contribution in [2.24, 2.45) is 0 Å². The molecule has 1 aromatic carbocycles. The molecule has 1 N–H and O–H groups in total. The summed E-state index contributed by atoms with van der Waals surface area (Å²) in [6.07, 6.45) is 13.6. The molecule has 0 aromatic heterocycles. The second-order valence-electron chi connectivity index (χ2n) is 7.35. The minimum absolute atomic E-state index is 0.293. The van der Waals surface area contributed by atoms with Crippen LogP contribution in [-0.2, 0) is 9.47 Å². The van der Waals surface area contributed by atoms with E-state index in [0.717, 1.165) is 32.8 Å². The van der Waals surface area contributed by atoms with Gasteiger partial charge in [0.15, 0.2) is 0 Å². The SMILES string of the molecule is CCCCCCCCOC(=O)c1ccccc1C(=O)OCCCCCCCC.CO. The molecule has 172 valence electrons. The minimum Gasteiger partial charge on any atom is -0.462 e. The number of carbonyl (C=O) groups excluding carboxylic acids is 2. The largest absolute Gasteiger partial charge is 0.462 e. The predicted molar refractivity (Wildman–Crippen MR) is 122 cm³/mol. The Morgan fingerprint density at radius 2 is 0.967 bits per heavy atom. The van der Waals surface area contributed by atoms with Crippen molar-refractivity contribution in [2.45, 2.75) is 90.9 Å². The molecule has 0 radical (unpaired) electrons. The van der Waals surface area contributed by atoms with E-state index in [1.807, 2.05) is 0 Å². The third-order valence-corrected chi connectivity index (χ3v) is 4.83. The molecule has 0 spiro atoms. The summed E-state index contributed by atoms with van der Waals surface area (Å²) in [5.74, 6) is -0.888. The molecule has 0 saturated heterocycles. The van der Waals surface area contributed by atoms with E-state index < -0.39 is 11.9 Å². The van der Waals surface area contributed by atoms with Crippen molar-refractivity contribution in [3.63, 3.8) is 0 Å². The number of unbranched alkanes of at least 4 members (excludes halogenated alkanes) is 10. The predicted octanol–water partition coefficient (Wildman–Crippen LogP) is 6.33. The Balaban J connectivity index is 0.00000407. The highest BCUT2D eigenvalue weighted by molar-refractivity contribution is 6.03. The molecule has 0 fully saturated rings. The standard InChI is InChI=1S/C24H38O4.CH4O/c1-3-5-7-9-11-15-19-27-23(25)21-17-13-14-18-22(21)24(26)28-20-16-12-10-8-6-4-2;1-2/h13-14,17-18H,3-12,15-16,19-20H2,1-2H3;2H,1H3. The molecule has 0 heterocycles. The lowest BCUT2D eigenvalue weighted by Gasteiger charge is -2.10. The van der Waals surface area contributed by atoms with Gasteiger partial charge in [0.25, 0.3) is 0 Å². The van der Waals surface area contributed by atoms with E-state index in [1.54, 1.807) is 24.3 Å². The monoisotopic (exact) mass is 422 g/mol. The molecule has 5 heteroatoms. The fraction of sp³-hybridized carbons (Fsp3) is 0.680. The summed E-state index contributed by atoms with van der Waals surface area (Å²) >= 11 is 0. The van der Waals surface area contributed by atoms with Crippen molar-refractivity contribution in [1.29, 1.82) is 0 Å². The van der Waals surface area contributed by atoms with E-state index in [0.29, 0.717) is 24.3 Å². The molecule has 5 nitrogen and oxygen atoms in total. The molecule has 0 aliphatic heterocycles. The number of rotatable bonds is 16. The Labute approximate surface area is 183 Å². The Kier molecular flexibility index (Phi) is 19.1. The van der Waals surface area contributed by atoms with E-state index in [1.165, 1.54) is 51.4 Å². The number of hydrogen-bond donors (Lipinski definition) is 1. The molecule has 0 saturated carbocycles. The molecule has 0 aliphatic carbocycles. The van der Waals surface area contributed by atoms with Gasteiger partial charge >= 0.3 is 11.9 Å². The van der Waals surface area contributed by atoms with Crippen LogP contribution in [0.4, 0.5) is 0 Å². The van der Waals surface area contributed by atoms with Gasteiger partial charge in [-0.1, -0.05) is 90.2 Å². The summed E-state index contributed by atoms with van der Waals surface area (Å²) in [6.45, 7) is 5.17. The fourth-order valence-electron chi connectivity index (χ4n) is 3.09. The van der Waals surface area contributed by atoms with Gasteiger partial charge in [0.1, 0.15) is 0 Å². The van der Waals surface area contributed by atoms with Crippen molar-refractivity contribution in [3.8, 4) is 0 Å². The zero-order valence-corrected chi connectivity index (χ0v) is 19.3. The summed E-state index contributed by atoms with van der Waals surface area (Å²) < 4.78 is 10.7. The molecule has 1 rings (SSSR count). The Morgan fingerprint density at radius 1 is 0.633 bits per heavy atom. The van der Waals surface area contributed by atoms with Crippen LogP contribution in [0.15, 0.2) is 24.3 Å². The average Bonchev–Trinajstić information content (AvgIpc) is 2.79. The lowest BCUT2D eigenvalue weighted by molar-refractivity contribution is 0.0450. The normalized spacial score (nSPS) is 10.1. The smallest absolute Gasteiger partial charge is 0.339 e. The number of aliphatic hydroxyl groups excluding tert-OH is 1. The maximum atomic E-state index is 12.4. The second-order valence-corrected chi connectivity index (χ2v) is 7.35. The number of esters is 2. The van der Waals surface area contributed by atoms with E-state index in [-0.39, 0.29) is 0 Å². The van der Waals surface area contributed by atoms with Crippen LogP contribution >= 0.6 is 0 Å². The summed E-state index contributed by atoms with van der Waals surface area (Å²) in [4.78, 5) is 24.7. The highest BCUT2D eigenvalue weighted by atomic mass is 16.5. The first kappa shape index (κ1) is 28.1. The van der Waals surface area contributed by atoms with Crippen LogP contribution in [0.3, 0.4) is 0 Å². The lowest BCUT2D eigenvalue weighted by atomic mass is 10.1. The molecule has 30 heavy (non-hydrogen) atoms. The molecule has 0 aliphatic rings. The highest BCUT2D eigenvalue weighted by Gasteiger charge is 2.18. The first-order chi connectivity index (χ1) is 14.7.